The number of hydrogen-bond acceptors (Lipinski definition) is 6. The summed E-state index contributed by atoms with van der Waals surface area (Å²) in [6, 6.07) is 11.6. The molecule has 0 unspecified atom stereocenters. The maximum absolute atomic E-state index is 5.93. The Labute approximate surface area is 170 Å². The number of aromatic nitrogens is 2. The monoisotopic (exact) mass is 400 g/mol. The lowest BCUT2D eigenvalue weighted by molar-refractivity contribution is 0.176. The number of benzene rings is 1. The number of halogens is 1. The molecule has 0 bridgehead atoms. The number of ether oxygens (including phenoxy) is 1. The number of hydrogen-bond donors (Lipinski definition) is 0. The molecule has 0 saturated carbocycles. The minimum absolute atomic E-state index is 0.399. The van der Waals surface area contributed by atoms with Crippen LogP contribution in [0.25, 0.3) is 0 Å². The molecule has 1 aromatic heterocycles. The van der Waals surface area contributed by atoms with Gasteiger partial charge in [0.05, 0.1) is 12.8 Å². The molecule has 0 N–H and O–H groups in total. The van der Waals surface area contributed by atoms with Crippen molar-refractivity contribution < 1.29 is 9.57 Å². The van der Waals surface area contributed by atoms with Crippen LogP contribution >= 0.6 is 11.6 Å². The van der Waals surface area contributed by atoms with E-state index in [1.54, 1.807) is 18.4 Å². The third-order valence-electron chi connectivity index (χ3n) is 4.68. The highest BCUT2D eigenvalue weighted by molar-refractivity contribution is 6.29. The Morgan fingerprint density at radius 1 is 1.21 bits per heavy atom. The quantitative estimate of drug-likeness (QED) is 0.271. The summed E-state index contributed by atoms with van der Waals surface area (Å²) < 4.78 is 5.93. The van der Waals surface area contributed by atoms with Gasteiger partial charge >= 0.3 is 0 Å². The van der Waals surface area contributed by atoms with E-state index in [-0.39, 0.29) is 0 Å². The van der Waals surface area contributed by atoms with Crippen molar-refractivity contribution in [1.29, 1.82) is 0 Å². The van der Waals surface area contributed by atoms with Gasteiger partial charge in [-0.1, -0.05) is 41.5 Å². The van der Waals surface area contributed by atoms with Crippen LogP contribution in [0, 0.1) is 5.92 Å². The van der Waals surface area contributed by atoms with Gasteiger partial charge in [-0.3, -0.25) is 0 Å². The zero-order valence-corrected chi connectivity index (χ0v) is 16.6. The summed E-state index contributed by atoms with van der Waals surface area (Å²) in [6.07, 6.45) is 6.62. The Kier molecular flexibility index (Phi) is 7.67. The second kappa shape index (κ2) is 10.7. The smallest absolute Gasteiger partial charge is 0.151 e. The fraction of sp³-hybridized carbons (Fsp3) is 0.381. The van der Waals surface area contributed by atoms with Crippen molar-refractivity contribution in [2.75, 3.05) is 31.2 Å². The van der Waals surface area contributed by atoms with Gasteiger partial charge in [-0.05, 0) is 55.0 Å². The zero-order valence-electron chi connectivity index (χ0n) is 15.8. The molecule has 0 radical (unpaired) electrons. The highest BCUT2D eigenvalue weighted by atomic mass is 35.5. The van der Waals surface area contributed by atoms with E-state index < -0.39 is 0 Å². The lowest BCUT2D eigenvalue weighted by Crippen LogP contribution is -2.34. The number of oxime groups is 1. The molecule has 1 saturated heterocycles. The normalized spacial score (nSPS) is 15.0. The van der Waals surface area contributed by atoms with Crippen LogP contribution in [0.5, 0.6) is 5.75 Å². The van der Waals surface area contributed by atoms with Crippen LogP contribution in [0.2, 0.25) is 5.15 Å². The maximum Gasteiger partial charge on any atom is 0.151 e. The van der Waals surface area contributed by atoms with Gasteiger partial charge in [-0.25, -0.2) is 0 Å². The average molecular weight is 401 g/mol. The molecule has 28 heavy (non-hydrogen) atoms. The van der Waals surface area contributed by atoms with Crippen LogP contribution in [0.1, 0.15) is 24.8 Å². The van der Waals surface area contributed by atoms with Crippen molar-refractivity contribution >= 4 is 23.6 Å². The van der Waals surface area contributed by atoms with E-state index in [0.717, 1.165) is 49.5 Å². The molecule has 6 nitrogen and oxygen atoms in total. The molecule has 0 spiro atoms. The lowest BCUT2D eigenvalue weighted by Gasteiger charge is -2.32. The second-order valence-electron chi connectivity index (χ2n) is 6.67. The van der Waals surface area contributed by atoms with Gasteiger partial charge in [0.25, 0.3) is 0 Å². The molecular weight excluding hydrogens is 376 g/mol. The van der Waals surface area contributed by atoms with E-state index in [2.05, 4.69) is 26.8 Å². The van der Waals surface area contributed by atoms with Crippen molar-refractivity contribution in [3.05, 3.63) is 59.8 Å². The fourth-order valence-corrected chi connectivity index (χ4v) is 3.25. The third kappa shape index (κ3) is 6.23. The predicted octanol–water partition coefficient (Wildman–Crippen LogP) is 4.35. The molecule has 2 aromatic rings. The zero-order chi connectivity index (χ0) is 19.6. The minimum atomic E-state index is 0.399. The number of nitrogens with zero attached hydrogens (tertiary/aromatic N) is 4. The molecule has 0 amide bonds. The van der Waals surface area contributed by atoms with E-state index in [1.165, 1.54) is 0 Å². The van der Waals surface area contributed by atoms with Crippen molar-refractivity contribution in [1.82, 2.24) is 10.2 Å². The molecule has 1 fully saturated rings. The molecule has 3 rings (SSSR count). The second-order valence-corrected chi connectivity index (χ2v) is 7.06. The lowest BCUT2D eigenvalue weighted by atomic mass is 9.94. The Balaban J connectivity index is 1.39. The Bertz CT molecular complexity index is 774. The van der Waals surface area contributed by atoms with Crippen molar-refractivity contribution in [2.45, 2.75) is 19.3 Å². The molecule has 1 aliphatic heterocycles. The summed E-state index contributed by atoms with van der Waals surface area (Å²) in [5.41, 5.74) is 0.943. The molecule has 7 heteroatoms. The molecule has 2 heterocycles. The van der Waals surface area contributed by atoms with E-state index in [4.69, 9.17) is 21.2 Å². The fourth-order valence-electron chi connectivity index (χ4n) is 3.15. The molecule has 0 atom stereocenters. The van der Waals surface area contributed by atoms with E-state index in [9.17, 15) is 0 Å². The van der Waals surface area contributed by atoms with Gasteiger partial charge in [0.1, 0.15) is 12.4 Å². The van der Waals surface area contributed by atoms with Gasteiger partial charge in [-0.15, -0.1) is 10.2 Å². The van der Waals surface area contributed by atoms with Crippen LogP contribution in [0.3, 0.4) is 0 Å². The minimum Gasteiger partial charge on any atom is -0.494 e. The van der Waals surface area contributed by atoms with Gasteiger partial charge in [-0.2, -0.15) is 0 Å². The first-order chi connectivity index (χ1) is 13.7. The van der Waals surface area contributed by atoms with Crippen LogP contribution in [0.4, 0.5) is 5.82 Å². The number of anilines is 1. The van der Waals surface area contributed by atoms with Crippen molar-refractivity contribution in [3.63, 3.8) is 0 Å². The highest BCUT2D eigenvalue weighted by Crippen LogP contribution is 2.24. The first-order valence-electron chi connectivity index (χ1n) is 9.48. The first-order valence-corrected chi connectivity index (χ1v) is 9.85. The summed E-state index contributed by atoms with van der Waals surface area (Å²) in [7, 11) is 0. The van der Waals surface area contributed by atoms with Crippen LogP contribution < -0.4 is 9.64 Å². The van der Waals surface area contributed by atoms with Crippen LogP contribution in [-0.4, -0.2) is 42.7 Å². The van der Waals surface area contributed by atoms with Gasteiger partial charge in [0, 0.05) is 13.1 Å². The average Bonchev–Trinajstić information content (AvgIpc) is 2.73. The van der Waals surface area contributed by atoms with Gasteiger partial charge in [0.15, 0.2) is 11.0 Å². The standard InChI is InChI=1S/C21H25ClN4O2/c1-2-13-28-23-16-18-4-3-5-19(15-18)27-14-10-17-8-11-26(12-9-17)21-7-6-20(22)24-25-21/h2-7,15-17H,1,8-14H2/b23-16+. The molecule has 148 valence electrons. The van der Waals surface area contributed by atoms with E-state index in [0.29, 0.717) is 24.3 Å². The Morgan fingerprint density at radius 3 is 2.82 bits per heavy atom. The highest BCUT2D eigenvalue weighted by Gasteiger charge is 2.20. The van der Waals surface area contributed by atoms with Crippen molar-refractivity contribution in [3.8, 4) is 5.75 Å². The van der Waals surface area contributed by atoms with Gasteiger partial charge in [0.2, 0.25) is 0 Å². The Hall–Kier alpha value is -2.60. The number of rotatable bonds is 9. The molecule has 0 aliphatic carbocycles. The Morgan fingerprint density at radius 2 is 2.07 bits per heavy atom. The first kappa shape index (κ1) is 20.1. The van der Waals surface area contributed by atoms with Gasteiger partial charge < -0.3 is 14.5 Å². The third-order valence-corrected chi connectivity index (χ3v) is 4.88. The molecule has 1 aliphatic rings. The van der Waals surface area contributed by atoms with E-state index >= 15 is 0 Å². The largest absolute Gasteiger partial charge is 0.494 e. The molecular formula is C21H25ClN4O2. The maximum atomic E-state index is 5.93. The van der Waals surface area contributed by atoms with E-state index in [1.807, 2.05) is 30.3 Å². The summed E-state index contributed by atoms with van der Waals surface area (Å²) in [5.74, 6) is 2.41. The summed E-state index contributed by atoms with van der Waals surface area (Å²) in [4.78, 5) is 7.29. The SMILES string of the molecule is C=CCO/N=C/c1cccc(OCCC2CCN(c3ccc(Cl)nn3)CC2)c1. The molecule has 1 aromatic carbocycles. The summed E-state index contributed by atoms with van der Waals surface area (Å²) >= 11 is 5.81. The van der Waals surface area contributed by atoms with Crippen LogP contribution in [0.15, 0.2) is 54.2 Å². The van der Waals surface area contributed by atoms with Crippen molar-refractivity contribution in [2.24, 2.45) is 11.1 Å². The van der Waals surface area contributed by atoms with Crippen LogP contribution in [-0.2, 0) is 4.84 Å². The topological polar surface area (TPSA) is 59.8 Å². The summed E-state index contributed by atoms with van der Waals surface area (Å²) in [5, 5.41) is 12.4. The number of piperidine rings is 1. The summed E-state index contributed by atoms with van der Waals surface area (Å²) in [6.45, 7) is 6.66. The predicted molar refractivity (Wildman–Crippen MR) is 112 cm³/mol.